The van der Waals surface area contributed by atoms with Crippen molar-refractivity contribution in [1.29, 1.82) is 0 Å². The summed E-state index contributed by atoms with van der Waals surface area (Å²) in [4.78, 5) is 32.6. The predicted molar refractivity (Wildman–Crippen MR) is 111 cm³/mol. The van der Waals surface area contributed by atoms with Crippen molar-refractivity contribution >= 4 is 23.0 Å². The van der Waals surface area contributed by atoms with Gasteiger partial charge in [-0.05, 0) is 23.6 Å². The number of carbonyl (C=O) groups is 1. The zero-order chi connectivity index (χ0) is 21.7. The maximum Gasteiger partial charge on any atom is 0.277 e. The summed E-state index contributed by atoms with van der Waals surface area (Å²) in [7, 11) is 0. The van der Waals surface area contributed by atoms with E-state index in [2.05, 4.69) is 10.5 Å². The molecular weight excluding hydrogens is 388 g/mol. The summed E-state index contributed by atoms with van der Waals surface area (Å²) < 4.78 is 0. The summed E-state index contributed by atoms with van der Waals surface area (Å²) in [5, 5.41) is 25.9. The van der Waals surface area contributed by atoms with Crippen molar-refractivity contribution < 1.29 is 14.6 Å². The Bertz CT molecular complexity index is 1110. The van der Waals surface area contributed by atoms with Crippen LogP contribution in [0.25, 0.3) is 11.1 Å². The molecule has 0 atom stereocenters. The third kappa shape index (κ3) is 4.71. The molecule has 9 nitrogen and oxygen atoms in total. The third-order valence-electron chi connectivity index (χ3n) is 4.32. The smallest absolute Gasteiger partial charge is 0.267 e. The first-order valence-electron chi connectivity index (χ1n) is 8.79. The quantitative estimate of drug-likeness (QED) is 0.372. The van der Waals surface area contributed by atoms with Crippen LogP contribution >= 0.6 is 0 Å². The second-order valence-electron chi connectivity index (χ2n) is 6.33. The topological polar surface area (TPSA) is 128 Å². The third-order valence-corrected chi connectivity index (χ3v) is 4.32. The van der Waals surface area contributed by atoms with Crippen LogP contribution in [-0.2, 0) is 0 Å². The van der Waals surface area contributed by atoms with Crippen LogP contribution in [-0.4, -0.2) is 21.5 Å². The number of nitro benzene ring substituents is 2. The number of hydrogen-bond donors (Lipinski definition) is 1. The van der Waals surface area contributed by atoms with Gasteiger partial charge in [0.2, 0.25) is 0 Å². The molecule has 0 aliphatic carbocycles. The molecule has 3 rings (SSSR count). The lowest BCUT2D eigenvalue weighted by atomic mass is 10.0. The van der Waals surface area contributed by atoms with E-state index in [1.54, 1.807) is 6.92 Å². The molecule has 9 heteroatoms. The van der Waals surface area contributed by atoms with E-state index in [9.17, 15) is 25.0 Å². The van der Waals surface area contributed by atoms with Crippen molar-refractivity contribution in [2.45, 2.75) is 6.92 Å². The summed E-state index contributed by atoms with van der Waals surface area (Å²) in [5.41, 5.74) is 4.31. The van der Waals surface area contributed by atoms with E-state index in [1.165, 1.54) is 0 Å². The highest BCUT2D eigenvalue weighted by molar-refractivity contribution is 6.01. The van der Waals surface area contributed by atoms with Crippen LogP contribution in [0.5, 0.6) is 0 Å². The van der Waals surface area contributed by atoms with Crippen LogP contribution in [0.1, 0.15) is 22.8 Å². The van der Waals surface area contributed by atoms with Gasteiger partial charge in [0.15, 0.2) is 0 Å². The fourth-order valence-corrected chi connectivity index (χ4v) is 2.74. The lowest BCUT2D eigenvalue weighted by Gasteiger charge is -2.05. The second-order valence-corrected chi connectivity index (χ2v) is 6.33. The molecule has 0 spiro atoms. The highest BCUT2D eigenvalue weighted by atomic mass is 16.6. The van der Waals surface area contributed by atoms with Gasteiger partial charge in [-0.1, -0.05) is 54.6 Å². The summed E-state index contributed by atoms with van der Waals surface area (Å²) >= 11 is 0. The van der Waals surface area contributed by atoms with E-state index < -0.39 is 27.1 Å². The molecule has 0 aliphatic heterocycles. The predicted octanol–water partition coefficient (Wildman–Crippen LogP) is 4.32. The number of rotatable bonds is 6. The molecular formula is C21H16N4O5. The molecule has 0 bridgehead atoms. The fourth-order valence-electron chi connectivity index (χ4n) is 2.74. The molecule has 0 saturated carbocycles. The zero-order valence-corrected chi connectivity index (χ0v) is 15.8. The molecule has 0 saturated heterocycles. The van der Waals surface area contributed by atoms with Crippen molar-refractivity contribution in [2.24, 2.45) is 5.10 Å². The zero-order valence-electron chi connectivity index (χ0n) is 15.8. The molecule has 30 heavy (non-hydrogen) atoms. The number of nitrogens with one attached hydrogen (secondary N) is 1. The van der Waals surface area contributed by atoms with Crippen molar-refractivity contribution in [3.63, 3.8) is 0 Å². The SMILES string of the molecule is CC(=NNC(=O)c1cc([N+](=O)[O-])cc([N+](=O)[O-])c1)c1ccc(-c2ccccc2)cc1. The molecule has 0 unspecified atom stereocenters. The number of nitrogens with zero attached hydrogens (tertiary/aromatic N) is 3. The van der Waals surface area contributed by atoms with E-state index in [0.717, 1.165) is 34.9 Å². The number of hydrogen-bond acceptors (Lipinski definition) is 6. The lowest BCUT2D eigenvalue weighted by molar-refractivity contribution is -0.394. The van der Waals surface area contributed by atoms with Gasteiger partial charge in [0.1, 0.15) is 0 Å². The molecule has 1 N–H and O–H groups in total. The number of nitro groups is 2. The Morgan fingerprint density at radius 2 is 1.33 bits per heavy atom. The van der Waals surface area contributed by atoms with Crippen LogP contribution in [0, 0.1) is 20.2 Å². The minimum absolute atomic E-state index is 0.230. The number of carbonyl (C=O) groups excluding carboxylic acids is 1. The standard InChI is InChI=1S/C21H16N4O5/c1-14(15-7-9-17(10-8-15)16-5-3-2-4-6-16)22-23-21(26)18-11-19(24(27)28)13-20(12-18)25(29)30/h2-13H,1H3,(H,23,26). The van der Waals surface area contributed by atoms with Crippen molar-refractivity contribution in [2.75, 3.05) is 0 Å². The first-order valence-corrected chi connectivity index (χ1v) is 8.79. The van der Waals surface area contributed by atoms with Gasteiger partial charge in [-0.2, -0.15) is 5.10 Å². The fraction of sp³-hybridized carbons (Fsp3) is 0.0476. The first kappa shape index (κ1) is 20.3. The van der Waals surface area contributed by atoms with Gasteiger partial charge in [-0.25, -0.2) is 5.43 Å². The maximum absolute atomic E-state index is 12.3. The van der Waals surface area contributed by atoms with Gasteiger partial charge in [0.05, 0.1) is 27.2 Å². The van der Waals surface area contributed by atoms with Gasteiger partial charge in [-0.3, -0.25) is 25.0 Å². The average Bonchev–Trinajstić information content (AvgIpc) is 2.77. The van der Waals surface area contributed by atoms with Crippen LogP contribution in [0.2, 0.25) is 0 Å². The maximum atomic E-state index is 12.3. The first-order chi connectivity index (χ1) is 14.3. The highest BCUT2D eigenvalue weighted by Gasteiger charge is 2.19. The van der Waals surface area contributed by atoms with E-state index >= 15 is 0 Å². The van der Waals surface area contributed by atoms with Gasteiger partial charge < -0.3 is 0 Å². The number of hydrazone groups is 1. The molecule has 3 aromatic rings. The Balaban J connectivity index is 1.77. The molecule has 3 aromatic carbocycles. The minimum Gasteiger partial charge on any atom is -0.267 e. The Hall–Kier alpha value is -4.40. The Morgan fingerprint density at radius 3 is 1.87 bits per heavy atom. The normalized spacial score (nSPS) is 11.0. The summed E-state index contributed by atoms with van der Waals surface area (Å²) in [6.07, 6.45) is 0. The van der Waals surface area contributed by atoms with E-state index in [4.69, 9.17) is 0 Å². The van der Waals surface area contributed by atoms with E-state index in [0.29, 0.717) is 5.71 Å². The number of non-ortho nitro benzene ring substituents is 2. The summed E-state index contributed by atoms with van der Waals surface area (Å²) in [6.45, 7) is 1.69. The Morgan fingerprint density at radius 1 is 0.800 bits per heavy atom. The molecule has 0 aromatic heterocycles. The molecule has 0 aliphatic rings. The van der Waals surface area contributed by atoms with Gasteiger partial charge >= 0.3 is 0 Å². The van der Waals surface area contributed by atoms with Gasteiger partial charge in [0, 0.05) is 12.1 Å². The summed E-state index contributed by atoms with van der Waals surface area (Å²) in [5.74, 6) is -0.790. The van der Waals surface area contributed by atoms with Crippen LogP contribution in [0.4, 0.5) is 11.4 Å². The molecule has 1 amide bonds. The molecule has 0 radical (unpaired) electrons. The monoisotopic (exact) mass is 404 g/mol. The van der Waals surface area contributed by atoms with Crippen molar-refractivity contribution in [3.05, 3.63) is 104 Å². The molecule has 150 valence electrons. The van der Waals surface area contributed by atoms with Crippen LogP contribution in [0.15, 0.2) is 77.9 Å². The molecule has 0 fully saturated rings. The van der Waals surface area contributed by atoms with Crippen LogP contribution in [0.3, 0.4) is 0 Å². The highest BCUT2D eigenvalue weighted by Crippen LogP contribution is 2.23. The van der Waals surface area contributed by atoms with E-state index in [1.807, 2.05) is 54.6 Å². The van der Waals surface area contributed by atoms with E-state index in [-0.39, 0.29) is 5.56 Å². The summed E-state index contributed by atoms with van der Waals surface area (Å²) in [6, 6.07) is 20.1. The Kier molecular flexibility index (Phi) is 5.92. The van der Waals surface area contributed by atoms with Gasteiger partial charge in [0.25, 0.3) is 17.3 Å². The average molecular weight is 404 g/mol. The number of amides is 1. The van der Waals surface area contributed by atoms with Crippen LogP contribution < -0.4 is 5.43 Å². The lowest BCUT2D eigenvalue weighted by Crippen LogP contribution is -2.19. The van der Waals surface area contributed by atoms with Crippen molar-refractivity contribution in [3.8, 4) is 11.1 Å². The minimum atomic E-state index is -0.799. The van der Waals surface area contributed by atoms with Gasteiger partial charge in [-0.15, -0.1) is 0 Å². The largest absolute Gasteiger partial charge is 0.277 e. The number of benzene rings is 3. The molecule has 0 heterocycles. The second kappa shape index (κ2) is 8.74. The van der Waals surface area contributed by atoms with Crippen molar-refractivity contribution in [1.82, 2.24) is 5.43 Å². The Labute approximate surface area is 171 Å².